The van der Waals surface area contributed by atoms with Gasteiger partial charge in [-0.3, -0.25) is 9.69 Å². The smallest absolute Gasteiger partial charge is 0.240 e. The van der Waals surface area contributed by atoms with E-state index in [1.165, 1.54) is 0 Å². The highest BCUT2D eigenvalue weighted by Gasteiger charge is 2.29. The molecule has 2 heterocycles. The van der Waals surface area contributed by atoms with E-state index in [9.17, 15) is 4.79 Å². The van der Waals surface area contributed by atoms with Gasteiger partial charge in [0.25, 0.3) is 0 Å². The van der Waals surface area contributed by atoms with E-state index >= 15 is 0 Å². The lowest BCUT2D eigenvalue weighted by Crippen LogP contribution is -2.55. The van der Waals surface area contributed by atoms with Crippen molar-refractivity contribution in [1.82, 2.24) is 15.1 Å². The Morgan fingerprint density at radius 1 is 1.24 bits per heavy atom. The molecule has 1 amide bonds. The summed E-state index contributed by atoms with van der Waals surface area (Å²) in [5, 5.41) is 3.28. The highest BCUT2D eigenvalue weighted by atomic mass is 16.5. The van der Waals surface area contributed by atoms with Crippen LogP contribution < -0.4 is 5.32 Å². The molecule has 5 heteroatoms. The lowest BCUT2D eigenvalue weighted by Gasteiger charge is -2.37. The molecule has 0 saturated carbocycles. The van der Waals surface area contributed by atoms with Gasteiger partial charge in [-0.05, 0) is 6.42 Å². The zero-order chi connectivity index (χ0) is 12.1. The topological polar surface area (TPSA) is 44.8 Å². The summed E-state index contributed by atoms with van der Waals surface area (Å²) >= 11 is 0. The molecule has 0 aromatic rings. The van der Waals surface area contributed by atoms with Crippen LogP contribution in [0.4, 0.5) is 0 Å². The number of morpholine rings is 1. The van der Waals surface area contributed by atoms with Crippen molar-refractivity contribution in [1.29, 1.82) is 0 Å². The number of hydrogen-bond donors (Lipinski definition) is 1. The standard InChI is InChI=1S/C12H23N3O2/c1-2-11(14-7-9-17-10-8-14)12(16)15-5-3-13-4-6-15/h11,13H,2-10H2,1H3. The zero-order valence-electron chi connectivity index (χ0n) is 10.7. The maximum Gasteiger partial charge on any atom is 0.240 e. The number of carbonyl (C=O) groups excluding carboxylic acids is 1. The van der Waals surface area contributed by atoms with Gasteiger partial charge < -0.3 is 15.0 Å². The van der Waals surface area contributed by atoms with E-state index in [-0.39, 0.29) is 6.04 Å². The van der Waals surface area contributed by atoms with E-state index in [1.54, 1.807) is 0 Å². The van der Waals surface area contributed by atoms with E-state index in [0.29, 0.717) is 5.91 Å². The van der Waals surface area contributed by atoms with Crippen molar-refractivity contribution in [3.63, 3.8) is 0 Å². The Labute approximate surface area is 103 Å². The van der Waals surface area contributed by atoms with Gasteiger partial charge in [-0.2, -0.15) is 0 Å². The van der Waals surface area contributed by atoms with Crippen LogP contribution in [0.25, 0.3) is 0 Å². The molecule has 0 aliphatic carbocycles. The number of carbonyl (C=O) groups is 1. The first-order valence-electron chi connectivity index (χ1n) is 6.64. The van der Waals surface area contributed by atoms with Gasteiger partial charge in [0.05, 0.1) is 19.3 Å². The van der Waals surface area contributed by atoms with Crippen LogP contribution in [0.5, 0.6) is 0 Å². The summed E-state index contributed by atoms with van der Waals surface area (Å²) in [6.07, 6.45) is 0.892. The van der Waals surface area contributed by atoms with Crippen LogP contribution in [-0.4, -0.2) is 74.2 Å². The molecule has 0 radical (unpaired) electrons. The average molecular weight is 241 g/mol. The molecule has 17 heavy (non-hydrogen) atoms. The zero-order valence-corrected chi connectivity index (χ0v) is 10.7. The van der Waals surface area contributed by atoms with Crippen molar-refractivity contribution in [3.8, 4) is 0 Å². The first kappa shape index (κ1) is 12.8. The number of piperazine rings is 1. The van der Waals surface area contributed by atoms with Crippen LogP contribution in [0.2, 0.25) is 0 Å². The molecule has 2 rings (SSSR count). The Kier molecular flexibility index (Phi) is 4.76. The van der Waals surface area contributed by atoms with Crippen molar-refractivity contribution < 1.29 is 9.53 Å². The van der Waals surface area contributed by atoms with Crippen molar-refractivity contribution in [2.24, 2.45) is 0 Å². The highest BCUT2D eigenvalue weighted by molar-refractivity contribution is 5.82. The summed E-state index contributed by atoms with van der Waals surface area (Å²) < 4.78 is 5.34. The van der Waals surface area contributed by atoms with E-state index in [0.717, 1.165) is 58.9 Å². The van der Waals surface area contributed by atoms with Gasteiger partial charge in [0.1, 0.15) is 0 Å². The average Bonchev–Trinajstić information content (AvgIpc) is 2.42. The molecule has 0 aromatic heterocycles. The first-order chi connectivity index (χ1) is 8.33. The van der Waals surface area contributed by atoms with E-state index in [2.05, 4.69) is 17.1 Å². The molecule has 2 fully saturated rings. The minimum Gasteiger partial charge on any atom is -0.379 e. The number of ether oxygens (including phenoxy) is 1. The van der Waals surface area contributed by atoms with Gasteiger partial charge in [0.15, 0.2) is 0 Å². The van der Waals surface area contributed by atoms with Gasteiger partial charge in [-0.25, -0.2) is 0 Å². The van der Waals surface area contributed by atoms with Gasteiger partial charge in [-0.1, -0.05) is 6.92 Å². The molecule has 2 saturated heterocycles. The van der Waals surface area contributed by atoms with Crippen LogP contribution in [0.15, 0.2) is 0 Å². The third-order valence-corrected chi connectivity index (χ3v) is 3.59. The molecule has 2 aliphatic heterocycles. The number of hydrogen-bond acceptors (Lipinski definition) is 4. The summed E-state index contributed by atoms with van der Waals surface area (Å²) in [5.74, 6) is 0.302. The van der Waals surface area contributed by atoms with Gasteiger partial charge in [0, 0.05) is 39.3 Å². The third kappa shape index (κ3) is 3.18. The normalized spacial score (nSPS) is 24.6. The summed E-state index contributed by atoms with van der Waals surface area (Å²) in [6.45, 7) is 8.92. The number of nitrogens with zero attached hydrogens (tertiary/aromatic N) is 2. The molecule has 1 atom stereocenters. The molecule has 0 aromatic carbocycles. The Balaban J connectivity index is 1.93. The molecule has 0 spiro atoms. The van der Waals surface area contributed by atoms with Crippen molar-refractivity contribution in [2.45, 2.75) is 19.4 Å². The maximum atomic E-state index is 12.4. The summed E-state index contributed by atoms with van der Waals surface area (Å²) in [7, 11) is 0. The van der Waals surface area contributed by atoms with E-state index < -0.39 is 0 Å². The molecule has 5 nitrogen and oxygen atoms in total. The van der Waals surface area contributed by atoms with Gasteiger partial charge in [-0.15, -0.1) is 0 Å². The van der Waals surface area contributed by atoms with E-state index in [1.807, 2.05) is 4.90 Å². The lowest BCUT2D eigenvalue weighted by molar-refractivity contribution is -0.139. The molecule has 98 valence electrons. The largest absolute Gasteiger partial charge is 0.379 e. The van der Waals surface area contributed by atoms with Crippen LogP contribution in [0.3, 0.4) is 0 Å². The Morgan fingerprint density at radius 3 is 2.47 bits per heavy atom. The second-order valence-corrected chi connectivity index (χ2v) is 4.65. The second-order valence-electron chi connectivity index (χ2n) is 4.65. The van der Waals surface area contributed by atoms with Crippen molar-refractivity contribution in [3.05, 3.63) is 0 Å². The van der Waals surface area contributed by atoms with Crippen LogP contribution in [0, 0.1) is 0 Å². The number of amides is 1. The maximum absolute atomic E-state index is 12.4. The molecule has 1 N–H and O–H groups in total. The Hall–Kier alpha value is -0.650. The summed E-state index contributed by atoms with van der Waals surface area (Å²) in [5.41, 5.74) is 0. The van der Waals surface area contributed by atoms with Crippen molar-refractivity contribution in [2.75, 3.05) is 52.5 Å². The SMILES string of the molecule is CCC(C(=O)N1CCNCC1)N1CCOCC1. The minimum absolute atomic E-state index is 0.0528. The Bertz CT molecular complexity index is 248. The van der Waals surface area contributed by atoms with Gasteiger partial charge >= 0.3 is 0 Å². The van der Waals surface area contributed by atoms with Crippen LogP contribution >= 0.6 is 0 Å². The number of nitrogens with one attached hydrogen (secondary N) is 1. The second kappa shape index (κ2) is 6.33. The lowest BCUT2D eigenvalue weighted by atomic mass is 10.1. The highest BCUT2D eigenvalue weighted by Crippen LogP contribution is 2.11. The fourth-order valence-electron chi connectivity index (χ4n) is 2.57. The third-order valence-electron chi connectivity index (χ3n) is 3.59. The minimum atomic E-state index is 0.0528. The fourth-order valence-corrected chi connectivity index (χ4v) is 2.57. The number of rotatable bonds is 3. The van der Waals surface area contributed by atoms with Gasteiger partial charge in [0.2, 0.25) is 5.91 Å². The quantitative estimate of drug-likeness (QED) is 0.725. The predicted octanol–water partition coefficient (Wildman–Crippen LogP) is -0.471. The monoisotopic (exact) mass is 241 g/mol. The van der Waals surface area contributed by atoms with E-state index in [4.69, 9.17) is 4.74 Å². The molecular formula is C12H23N3O2. The summed E-state index contributed by atoms with van der Waals surface area (Å²) in [4.78, 5) is 16.7. The van der Waals surface area contributed by atoms with Crippen LogP contribution in [-0.2, 0) is 9.53 Å². The molecule has 0 bridgehead atoms. The Morgan fingerprint density at radius 2 is 1.88 bits per heavy atom. The van der Waals surface area contributed by atoms with Crippen LogP contribution in [0.1, 0.15) is 13.3 Å². The molecule has 1 unspecified atom stereocenters. The molecular weight excluding hydrogens is 218 g/mol. The first-order valence-corrected chi connectivity index (χ1v) is 6.64. The molecule has 2 aliphatic rings. The predicted molar refractivity (Wildman–Crippen MR) is 65.9 cm³/mol. The fraction of sp³-hybridized carbons (Fsp3) is 0.917. The van der Waals surface area contributed by atoms with Crippen molar-refractivity contribution >= 4 is 5.91 Å². The summed E-state index contributed by atoms with van der Waals surface area (Å²) in [6, 6.07) is 0.0528.